The minimum absolute atomic E-state index is 0.0783. The number of sulfonamides is 1. The molecule has 0 amide bonds. The van der Waals surface area contributed by atoms with Gasteiger partial charge in [-0.2, -0.15) is 4.48 Å². The minimum Gasteiger partial charge on any atom is -0.362 e. The Morgan fingerprint density at radius 1 is 0.943 bits per heavy atom. The number of thiocarbonyl (C=S) groups is 1. The van der Waals surface area contributed by atoms with E-state index in [9.17, 15) is 8.42 Å². The molecule has 2 aromatic heterocycles. The molecular weight excluding hydrogens is 480 g/mol. The van der Waals surface area contributed by atoms with Gasteiger partial charge in [-0.25, -0.2) is 13.6 Å². The van der Waals surface area contributed by atoms with Gasteiger partial charge in [-0.1, -0.05) is 9.13 Å². The van der Waals surface area contributed by atoms with E-state index in [-0.39, 0.29) is 4.90 Å². The molecule has 1 aromatic carbocycles. The van der Waals surface area contributed by atoms with E-state index in [1.807, 2.05) is 0 Å². The van der Waals surface area contributed by atoms with Crippen molar-refractivity contribution in [3.8, 4) is 0 Å². The van der Waals surface area contributed by atoms with E-state index < -0.39 is 10.0 Å². The molecule has 0 saturated heterocycles. The average Bonchev–Trinajstić information content (AvgIpc) is 3.32. The summed E-state index contributed by atoms with van der Waals surface area (Å²) in [7, 11) is -3.69. The van der Waals surface area contributed by atoms with Gasteiger partial charge in [0.1, 0.15) is 0 Å². The standard InChI is InChI=1S/C25H30N6O2S2/c26-35(32,33)23-12-10-20(11-13-23)28-24(34)27-14-4-1-7-17-31-18-21-8-2-5-15-29(21)25(31)30-16-6-3-9-22(30)19-31/h2-3,5-6,8-13,15-16,25H,1,4,7,14,17-19H2,(H3-,26,27,28,32,33,34)/q+2/p+1. The largest absolute Gasteiger partial charge is 0.484 e. The molecule has 0 unspecified atom stereocenters. The molecule has 8 nitrogen and oxygen atoms in total. The Balaban J connectivity index is 1.10. The van der Waals surface area contributed by atoms with E-state index >= 15 is 0 Å². The van der Waals surface area contributed by atoms with Crippen LogP contribution < -0.4 is 24.9 Å². The third-order valence-electron chi connectivity index (χ3n) is 6.90. The highest BCUT2D eigenvalue weighted by Gasteiger charge is 2.63. The summed E-state index contributed by atoms with van der Waals surface area (Å²) in [6.45, 7) is 4.04. The molecule has 4 N–H and O–H groups in total. The predicted molar refractivity (Wildman–Crippen MR) is 136 cm³/mol. The number of benzene rings is 1. The monoisotopic (exact) mass is 511 g/mol. The maximum atomic E-state index is 11.4. The molecule has 0 saturated carbocycles. The van der Waals surface area contributed by atoms with Crippen LogP contribution in [0.4, 0.5) is 5.69 Å². The molecule has 2 aliphatic rings. The van der Waals surface area contributed by atoms with Crippen molar-refractivity contribution in [1.29, 1.82) is 0 Å². The Morgan fingerprint density at radius 3 is 2.17 bits per heavy atom. The molecular formula is C25H31N6O2S2+3. The molecule has 5 rings (SSSR count). The van der Waals surface area contributed by atoms with Gasteiger partial charge >= 0.3 is 6.29 Å². The Bertz CT molecular complexity index is 1290. The first kappa shape index (κ1) is 23.8. The predicted octanol–water partition coefficient (Wildman–Crippen LogP) is 1.91. The molecule has 182 valence electrons. The van der Waals surface area contributed by atoms with E-state index in [0.29, 0.717) is 17.1 Å². The number of nitrogens with one attached hydrogen (secondary N) is 2. The van der Waals surface area contributed by atoms with Crippen LogP contribution in [0.2, 0.25) is 0 Å². The maximum Gasteiger partial charge on any atom is 0.484 e. The summed E-state index contributed by atoms with van der Waals surface area (Å²) in [4.78, 5) is 0.0783. The summed E-state index contributed by atoms with van der Waals surface area (Å²) in [5, 5.41) is 12.0. The SMILES string of the molecule is NS(=O)(=O)c1ccc(NC(=S)NCCCCC[N+]23Cc4cccc[n+]4C2[n+]2ccccc2C3)cc1. The number of rotatable bonds is 8. The summed E-state index contributed by atoms with van der Waals surface area (Å²) in [5.41, 5.74) is 3.51. The lowest BCUT2D eigenvalue weighted by molar-refractivity contribution is -1.16. The van der Waals surface area contributed by atoms with Crippen LogP contribution in [0.15, 0.2) is 78.0 Å². The molecule has 0 fully saturated rings. The number of nitrogens with two attached hydrogens (primary N) is 1. The zero-order valence-corrected chi connectivity index (χ0v) is 21.1. The number of aromatic nitrogens is 2. The second-order valence-electron chi connectivity index (χ2n) is 9.31. The van der Waals surface area contributed by atoms with Gasteiger partial charge in [-0.05, 0) is 67.9 Å². The highest BCUT2D eigenvalue weighted by atomic mass is 32.2. The first-order valence-corrected chi connectivity index (χ1v) is 13.8. The molecule has 35 heavy (non-hydrogen) atoms. The van der Waals surface area contributed by atoms with Crippen LogP contribution in [0, 0.1) is 0 Å². The third-order valence-corrected chi connectivity index (χ3v) is 8.08. The van der Waals surface area contributed by atoms with Gasteiger partial charge < -0.3 is 10.6 Å². The fourth-order valence-corrected chi connectivity index (χ4v) is 6.07. The molecule has 0 spiro atoms. The van der Waals surface area contributed by atoms with Crippen LogP contribution in [0.25, 0.3) is 0 Å². The summed E-state index contributed by atoms with van der Waals surface area (Å²) in [5.74, 6) is 0. The molecule has 0 aliphatic carbocycles. The van der Waals surface area contributed by atoms with Crippen molar-refractivity contribution in [2.24, 2.45) is 5.14 Å². The fraction of sp³-hybridized carbons (Fsp3) is 0.320. The number of unbranched alkanes of at least 4 members (excludes halogenated alkanes) is 2. The van der Waals surface area contributed by atoms with E-state index in [2.05, 4.69) is 68.6 Å². The van der Waals surface area contributed by atoms with Crippen LogP contribution in [-0.4, -0.2) is 31.1 Å². The topological polar surface area (TPSA) is 92.0 Å². The summed E-state index contributed by atoms with van der Waals surface area (Å²) < 4.78 is 28.7. The minimum atomic E-state index is -3.69. The highest BCUT2D eigenvalue weighted by Crippen LogP contribution is 2.34. The first-order valence-electron chi connectivity index (χ1n) is 11.9. The fourth-order valence-electron chi connectivity index (χ4n) is 5.33. The van der Waals surface area contributed by atoms with Crippen molar-refractivity contribution < 1.29 is 22.0 Å². The first-order chi connectivity index (χ1) is 16.9. The number of anilines is 1. The highest BCUT2D eigenvalue weighted by molar-refractivity contribution is 7.89. The van der Waals surface area contributed by atoms with E-state index in [1.54, 1.807) is 12.1 Å². The Hall–Kier alpha value is -2.92. The quantitative estimate of drug-likeness (QED) is 0.186. The van der Waals surface area contributed by atoms with Crippen molar-refractivity contribution in [3.05, 3.63) is 84.4 Å². The molecule has 0 radical (unpaired) electrons. The molecule has 4 heterocycles. The van der Waals surface area contributed by atoms with Crippen molar-refractivity contribution in [2.75, 3.05) is 18.4 Å². The Kier molecular flexibility index (Phi) is 6.54. The summed E-state index contributed by atoms with van der Waals surface area (Å²) in [6.07, 6.45) is 8.03. The molecule has 2 aliphatic heterocycles. The van der Waals surface area contributed by atoms with E-state index in [4.69, 9.17) is 17.4 Å². The second kappa shape index (κ2) is 9.62. The zero-order valence-electron chi connectivity index (χ0n) is 19.5. The number of nitrogens with zero attached hydrogens (tertiary/aromatic N) is 3. The van der Waals surface area contributed by atoms with Crippen LogP contribution in [0.5, 0.6) is 0 Å². The zero-order chi connectivity index (χ0) is 24.5. The number of primary sulfonamides is 1. The van der Waals surface area contributed by atoms with Crippen LogP contribution in [0.3, 0.4) is 0 Å². The normalized spacial score (nSPS) is 20.1. The van der Waals surface area contributed by atoms with Gasteiger partial charge in [0, 0.05) is 36.5 Å². The number of hydrogen-bond donors (Lipinski definition) is 3. The summed E-state index contributed by atoms with van der Waals surface area (Å²) >= 11 is 5.37. The second-order valence-corrected chi connectivity index (χ2v) is 11.3. The van der Waals surface area contributed by atoms with Crippen molar-refractivity contribution in [1.82, 2.24) is 5.32 Å². The number of fused-ring (bicyclic) bond motifs is 5. The van der Waals surface area contributed by atoms with Crippen LogP contribution >= 0.6 is 12.2 Å². The van der Waals surface area contributed by atoms with Gasteiger partial charge in [0.05, 0.1) is 11.4 Å². The van der Waals surface area contributed by atoms with Gasteiger partial charge in [-0.15, -0.1) is 0 Å². The average molecular weight is 512 g/mol. The lowest BCUT2D eigenvalue weighted by atomic mass is 10.2. The van der Waals surface area contributed by atoms with Crippen molar-refractivity contribution in [2.45, 2.75) is 43.5 Å². The van der Waals surface area contributed by atoms with Crippen molar-refractivity contribution in [3.63, 3.8) is 0 Å². The maximum absolute atomic E-state index is 11.4. The van der Waals surface area contributed by atoms with Crippen LogP contribution in [-0.2, 0) is 23.1 Å². The smallest absolute Gasteiger partial charge is 0.362 e. The lowest BCUT2D eigenvalue weighted by Crippen LogP contribution is -2.62. The molecule has 10 heteroatoms. The number of pyridine rings is 2. The Labute approximate surface area is 211 Å². The van der Waals surface area contributed by atoms with Crippen LogP contribution in [0.1, 0.15) is 36.9 Å². The van der Waals surface area contributed by atoms with Gasteiger partial charge in [0.25, 0.3) is 0 Å². The van der Waals surface area contributed by atoms with E-state index in [0.717, 1.165) is 49.9 Å². The third kappa shape index (κ3) is 4.92. The molecule has 3 aromatic rings. The van der Waals surface area contributed by atoms with Gasteiger partial charge in [0.2, 0.25) is 21.4 Å². The number of quaternary nitrogens is 1. The van der Waals surface area contributed by atoms with Gasteiger partial charge in [-0.3, -0.25) is 0 Å². The number of hydrogen-bond acceptors (Lipinski definition) is 3. The Morgan fingerprint density at radius 2 is 1.57 bits per heavy atom. The lowest BCUT2D eigenvalue weighted by Gasteiger charge is -2.24. The molecule has 0 bridgehead atoms. The van der Waals surface area contributed by atoms with Gasteiger partial charge in [0.15, 0.2) is 30.6 Å². The summed E-state index contributed by atoms with van der Waals surface area (Å²) in [6, 6.07) is 19.3. The molecule has 0 atom stereocenters. The van der Waals surface area contributed by atoms with E-state index in [1.165, 1.54) is 23.5 Å². The van der Waals surface area contributed by atoms with Crippen molar-refractivity contribution >= 4 is 33.0 Å².